The van der Waals surface area contributed by atoms with E-state index in [1.807, 2.05) is 0 Å². The fourth-order valence-corrected chi connectivity index (χ4v) is 4.29. The Kier molecular flexibility index (Phi) is 12.0. The van der Waals surface area contributed by atoms with Crippen LogP contribution in [-0.2, 0) is 8.85 Å². The first-order valence-electron chi connectivity index (χ1n) is 8.22. The zero-order valence-corrected chi connectivity index (χ0v) is 15.1. The van der Waals surface area contributed by atoms with E-state index in [4.69, 9.17) is 8.85 Å². The molecule has 0 aliphatic heterocycles. The highest BCUT2D eigenvalue weighted by atomic mass is 28.3. The van der Waals surface area contributed by atoms with Gasteiger partial charge < -0.3 is 8.85 Å². The second-order valence-electron chi connectivity index (χ2n) is 6.68. The van der Waals surface area contributed by atoms with Gasteiger partial charge in [0.25, 0.3) is 0 Å². The summed E-state index contributed by atoms with van der Waals surface area (Å²) in [5.41, 5.74) is 0.394. The monoisotopic (exact) mass is 288 g/mol. The molecule has 0 spiro atoms. The highest BCUT2D eigenvalue weighted by Crippen LogP contribution is 2.22. The Bertz CT molecular complexity index is 178. The normalized spacial score (nSPS) is 12.3. The SMILES string of the molecule is CCCCCO[SiH](CCC(C)(C)C)OCCCCC. The summed E-state index contributed by atoms with van der Waals surface area (Å²) < 4.78 is 12.1. The van der Waals surface area contributed by atoms with Crippen molar-refractivity contribution in [3.8, 4) is 0 Å². The third-order valence-corrected chi connectivity index (χ3v) is 5.21. The highest BCUT2D eigenvalue weighted by molar-refractivity contribution is 6.44. The van der Waals surface area contributed by atoms with Crippen molar-refractivity contribution in [3.05, 3.63) is 0 Å². The Morgan fingerprint density at radius 2 is 1.26 bits per heavy atom. The van der Waals surface area contributed by atoms with Crippen LogP contribution < -0.4 is 0 Å². The summed E-state index contributed by atoms with van der Waals surface area (Å²) in [6.07, 6.45) is 8.66. The Balaban J connectivity index is 3.85. The molecule has 116 valence electrons. The predicted octanol–water partition coefficient (Wildman–Crippen LogP) is 5.06. The maximum atomic E-state index is 6.04. The largest absolute Gasteiger partial charge is 0.397 e. The first kappa shape index (κ1) is 19.1. The Morgan fingerprint density at radius 1 is 0.789 bits per heavy atom. The Morgan fingerprint density at radius 3 is 1.63 bits per heavy atom. The van der Waals surface area contributed by atoms with Crippen LogP contribution in [-0.4, -0.2) is 22.5 Å². The van der Waals surface area contributed by atoms with Gasteiger partial charge in [-0.05, 0) is 30.7 Å². The summed E-state index contributed by atoms with van der Waals surface area (Å²) in [5.74, 6) is 0. The zero-order valence-electron chi connectivity index (χ0n) is 14.0. The molecule has 0 aliphatic carbocycles. The van der Waals surface area contributed by atoms with Gasteiger partial charge in [-0.15, -0.1) is 0 Å². The summed E-state index contributed by atoms with van der Waals surface area (Å²) in [6.45, 7) is 13.2. The molecule has 0 bridgehead atoms. The van der Waals surface area contributed by atoms with E-state index in [1.54, 1.807) is 0 Å². The van der Waals surface area contributed by atoms with Crippen LogP contribution in [0.25, 0.3) is 0 Å². The third kappa shape index (κ3) is 14.4. The molecule has 0 unspecified atom stereocenters. The molecular formula is C16H36O2Si. The molecule has 19 heavy (non-hydrogen) atoms. The van der Waals surface area contributed by atoms with Crippen molar-refractivity contribution in [1.29, 1.82) is 0 Å². The van der Waals surface area contributed by atoms with Crippen molar-refractivity contribution < 1.29 is 8.85 Å². The fraction of sp³-hybridized carbons (Fsp3) is 1.00. The molecule has 0 aromatic rings. The average Bonchev–Trinajstić information content (AvgIpc) is 2.34. The lowest BCUT2D eigenvalue weighted by atomic mass is 9.94. The fourth-order valence-electron chi connectivity index (χ4n) is 1.90. The number of hydrogen-bond acceptors (Lipinski definition) is 2. The quantitative estimate of drug-likeness (QED) is 0.369. The van der Waals surface area contributed by atoms with Crippen molar-refractivity contribution in [3.63, 3.8) is 0 Å². The number of rotatable bonds is 12. The summed E-state index contributed by atoms with van der Waals surface area (Å²) in [6, 6.07) is 1.15. The van der Waals surface area contributed by atoms with E-state index in [1.165, 1.54) is 44.9 Å². The van der Waals surface area contributed by atoms with E-state index in [9.17, 15) is 0 Å². The van der Waals surface area contributed by atoms with E-state index in [0.29, 0.717) is 5.41 Å². The molecule has 0 N–H and O–H groups in total. The minimum Gasteiger partial charge on any atom is -0.397 e. The van der Waals surface area contributed by atoms with Crippen LogP contribution in [0.1, 0.15) is 79.6 Å². The van der Waals surface area contributed by atoms with Gasteiger partial charge in [0, 0.05) is 13.2 Å². The van der Waals surface area contributed by atoms with Crippen LogP contribution in [0.15, 0.2) is 0 Å². The molecule has 0 rings (SSSR count). The molecular weight excluding hydrogens is 252 g/mol. The first-order chi connectivity index (χ1) is 8.99. The molecule has 0 fully saturated rings. The van der Waals surface area contributed by atoms with E-state index < -0.39 is 9.28 Å². The van der Waals surface area contributed by atoms with Gasteiger partial charge in [-0.25, -0.2) is 0 Å². The van der Waals surface area contributed by atoms with Crippen LogP contribution in [0, 0.1) is 5.41 Å². The van der Waals surface area contributed by atoms with Gasteiger partial charge in [-0.2, -0.15) is 0 Å². The maximum Gasteiger partial charge on any atom is 0.321 e. The van der Waals surface area contributed by atoms with E-state index in [2.05, 4.69) is 34.6 Å². The molecule has 0 radical (unpaired) electrons. The summed E-state index contributed by atoms with van der Waals surface area (Å²) in [5, 5.41) is 0. The van der Waals surface area contributed by atoms with Crippen molar-refractivity contribution in [2.75, 3.05) is 13.2 Å². The molecule has 0 aromatic carbocycles. The number of unbranched alkanes of at least 4 members (excludes halogenated alkanes) is 4. The van der Waals surface area contributed by atoms with Gasteiger partial charge in [-0.1, -0.05) is 60.3 Å². The Labute approximate surface area is 123 Å². The van der Waals surface area contributed by atoms with E-state index in [0.717, 1.165) is 19.3 Å². The van der Waals surface area contributed by atoms with Gasteiger partial charge in [0.2, 0.25) is 0 Å². The van der Waals surface area contributed by atoms with Gasteiger partial charge in [0.05, 0.1) is 0 Å². The minimum absolute atomic E-state index is 0.394. The standard InChI is InChI=1S/C16H36O2Si/c1-6-8-10-13-17-19(15-12-16(3,4)5)18-14-11-9-7-2/h19H,6-15H2,1-5H3. The topological polar surface area (TPSA) is 18.5 Å². The molecule has 0 aromatic heterocycles. The second kappa shape index (κ2) is 11.9. The third-order valence-electron chi connectivity index (χ3n) is 3.23. The lowest BCUT2D eigenvalue weighted by molar-refractivity contribution is 0.185. The average molecular weight is 289 g/mol. The van der Waals surface area contributed by atoms with Crippen molar-refractivity contribution in [1.82, 2.24) is 0 Å². The molecule has 2 nitrogen and oxygen atoms in total. The molecule has 0 saturated heterocycles. The van der Waals surface area contributed by atoms with Crippen LogP contribution >= 0.6 is 0 Å². The lowest BCUT2D eigenvalue weighted by Gasteiger charge is -2.22. The van der Waals surface area contributed by atoms with Gasteiger partial charge in [-0.3, -0.25) is 0 Å². The number of hydrogen-bond donors (Lipinski definition) is 0. The van der Waals surface area contributed by atoms with E-state index >= 15 is 0 Å². The van der Waals surface area contributed by atoms with Gasteiger partial charge in [0.1, 0.15) is 0 Å². The molecule has 0 saturated carbocycles. The smallest absolute Gasteiger partial charge is 0.321 e. The van der Waals surface area contributed by atoms with Crippen LogP contribution in [0.3, 0.4) is 0 Å². The molecule has 0 aliphatic rings. The molecule has 0 atom stereocenters. The van der Waals surface area contributed by atoms with Crippen molar-refractivity contribution >= 4 is 9.28 Å². The Hall–Kier alpha value is 0.137. The molecule has 0 heterocycles. The van der Waals surface area contributed by atoms with Crippen LogP contribution in [0.2, 0.25) is 6.04 Å². The first-order valence-corrected chi connectivity index (χ1v) is 9.98. The van der Waals surface area contributed by atoms with Crippen molar-refractivity contribution in [2.24, 2.45) is 5.41 Å². The maximum absolute atomic E-state index is 6.04. The molecule has 3 heteroatoms. The summed E-state index contributed by atoms with van der Waals surface area (Å²) >= 11 is 0. The molecule has 0 amide bonds. The van der Waals surface area contributed by atoms with Crippen LogP contribution in [0.5, 0.6) is 0 Å². The van der Waals surface area contributed by atoms with Gasteiger partial charge in [0.15, 0.2) is 0 Å². The highest BCUT2D eigenvalue weighted by Gasteiger charge is 2.18. The summed E-state index contributed by atoms with van der Waals surface area (Å²) in [4.78, 5) is 0. The zero-order chi connectivity index (χ0) is 14.6. The van der Waals surface area contributed by atoms with Crippen LogP contribution in [0.4, 0.5) is 0 Å². The minimum atomic E-state index is -1.42. The van der Waals surface area contributed by atoms with Crippen molar-refractivity contribution in [2.45, 2.75) is 85.6 Å². The second-order valence-corrected chi connectivity index (χ2v) is 8.79. The lowest BCUT2D eigenvalue weighted by Crippen LogP contribution is -2.26. The van der Waals surface area contributed by atoms with Gasteiger partial charge >= 0.3 is 9.28 Å². The van der Waals surface area contributed by atoms with E-state index in [-0.39, 0.29) is 0 Å². The predicted molar refractivity (Wildman–Crippen MR) is 87.0 cm³/mol. The summed E-state index contributed by atoms with van der Waals surface area (Å²) in [7, 11) is -1.42.